The fraction of sp³-hybridized carbons (Fsp3) is 0.250. The highest BCUT2D eigenvalue weighted by molar-refractivity contribution is 5.68. The molecule has 6 heteroatoms. The van der Waals surface area contributed by atoms with Crippen molar-refractivity contribution in [3.63, 3.8) is 0 Å². The zero-order chi connectivity index (χ0) is 23.3. The average molecular weight is 454 g/mol. The first kappa shape index (κ1) is 21.9. The molecule has 0 radical (unpaired) electrons. The summed E-state index contributed by atoms with van der Waals surface area (Å²) in [6, 6.07) is 26.8. The van der Waals surface area contributed by atoms with Crippen molar-refractivity contribution in [1.29, 1.82) is 0 Å². The van der Waals surface area contributed by atoms with Crippen LogP contribution in [0.5, 0.6) is 5.75 Å². The molecule has 5 rings (SSSR count). The molecule has 0 saturated heterocycles. The van der Waals surface area contributed by atoms with Crippen LogP contribution in [0.2, 0.25) is 0 Å². The number of benzene rings is 3. The third-order valence-corrected chi connectivity index (χ3v) is 6.46. The Balaban J connectivity index is 1.33. The van der Waals surface area contributed by atoms with Crippen LogP contribution in [-0.2, 0) is 24.2 Å². The summed E-state index contributed by atoms with van der Waals surface area (Å²) in [5.74, 6) is 0.202. The van der Waals surface area contributed by atoms with Crippen LogP contribution in [0.1, 0.15) is 40.3 Å². The van der Waals surface area contributed by atoms with E-state index in [4.69, 9.17) is 9.84 Å². The molecule has 0 fully saturated rings. The number of aromatic nitrogens is 3. The Labute approximate surface area is 198 Å². The molecule has 0 saturated carbocycles. The van der Waals surface area contributed by atoms with Gasteiger partial charge in [-0.05, 0) is 53.5 Å². The number of carboxylic acids is 1. The van der Waals surface area contributed by atoms with Gasteiger partial charge in [-0.1, -0.05) is 78.0 Å². The second kappa shape index (κ2) is 9.91. The third-order valence-electron chi connectivity index (χ3n) is 6.46. The monoisotopic (exact) mass is 453 g/mol. The van der Waals surface area contributed by atoms with E-state index in [1.54, 1.807) is 0 Å². The lowest BCUT2D eigenvalue weighted by molar-refractivity contribution is -0.139. The second-order valence-corrected chi connectivity index (χ2v) is 8.80. The van der Waals surface area contributed by atoms with E-state index in [0.717, 1.165) is 37.1 Å². The zero-order valence-electron chi connectivity index (χ0n) is 18.9. The normalized spacial score (nSPS) is 15.1. The highest BCUT2D eigenvalue weighted by Gasteiger charge is 2.24. The number of carbonyl (C=O) groups is 1. The van der Waals surface area contributed by atoms with Crippen molar-refractivity contribution in [3.8, 4) is 5.75 Å². The molecule has 4 aromatic rings. The summed E-state index contributed by atoms with van der Waals surface area (Å²) in [6.45, 7) is 0.481. The smallest absolute Gasteiger partial charge is 0.341 e. The highest BCUT2D eigenvalue weighted by atomic mass is 16.5. The number of hydrogen-bond acceptors (Lipinski definition) is 4. The Morgan fingerprint density at radius 1 is 1.00 bits per heavy atom. The molecule has 1 N–H and O–H groups in total. The average Bonchev–Trinajstić information content (AvgIpc) is 3.31. The van der Waals surface area contributed by atoms with E-state index in [-0.39, 0.29) is 12.5 Å². The van der Waals surface area contributed by atoms with Gasteiger partial charge < -0.3 is 9.84 Å². The minimum Gasteiger partial charge on any atom is -0.482 e. The number of aliphatic carboxylic acids is 1. The summed E-state index contributed by atoms with van der Waals surface area (Å²) >= 11 is 0. The number of ether oxygens (including phenoxy) is 1. The molecule has 1 aliphatic carbocycles. The fourth-order valence-electron chi connectivity index (χ4n) is 4.90. The highest BCUT2D eigenvalue weighted by Crippen LogP contribution is 2.34. The van der Waals surface area contributed by atoms with Crippen molar-refractivity contribution in [2.45, 2.75) is 31.7 Å². The predicted molar refractivity (Wildman–Crippen MR) is 129 cm³/mol. The van der Waals surface area contributed by atoms with E-state index >= 15 is 0 Å². The van der Waals surface area contributed by atoms with Gasteiger partial charge in [-0.2, -0.15) is 0 Å². The van der Waals surface area contributed by atoms with Gasteiger partial charge in [0.2, 0.25) is 0 Å². The molecule has 34 heavy (non-hydrogen) atoms. The van der Waals surface area contributed by atoms with Crippen molar-refractivity contribution in [2.75, 3.05) is 6.61 Å². The van der Waals surface area contributed by atoms with Gasteiger partial charge in [-0.15, -0.1) is 5.10 Å². The summed E-state index contributed by atoms with van der Waals surface area (Å²) in [4.78, 5) is 10.9. The van der Waals surface area contributed by atoms with Gasteiger partial charge >= 0.3 is 5.97 Å². The second-order valence-electron chi connectivity index (χ2n) is 8.80. The first-order valence-electron chi connectivity index (χ1n) is 11.6. The third kappa shape index (κ3) is 4.86. The maximum absolute atomic E-state index is 10.9. The van der Waals surface area contributed by atoms with Gasteiger partial charge in [-0.3, -0.25) is 4.68 Å². The van der Waals surface area contributed by atoms with Crippen LogP contribution in [0, 0.1) is 5.92 Å². The van der Waals surface area contributed by atoms with E-state index in [1.807, 2.05) is 28.9 Å². The predicted octanol–water partition coefficient (Wildman–Crippen LogP) is 4.73. The Morgan fingerprint density at radius 3 is 2.38 bits per heavy atom. The molecule has 3 aromatic carbocycles. The molecule has 1 heterocycles. The van der Waals surface area contributed by atoms with Crippen LogP contribution >= 0.6 is 0 Å². The van der Waals surface area contributed by atoms with Crippen molar-refractivity contribution in [1.82, 2.24) is 15.0 Å². The zero-order valence-corrected chi connectivity index (χ0v) is 18.9. The number of rotatable bonds is 8. The quantitative estimate of drug-likeness (QED) is 0.417. The number of carboxylic acid groups (broad SMARTS) is 1. The first-order valence-corrected chi connectivity index (χ1v) is 11.6. The molecule has 1 aliphatic rings. The molecule has 1 atom stereocenters. The van der Waals surface area contributed by atoms with Gasteiger partial charge in [0, 0.05) is 12.7 Å². The van der Waals surface area contributed by atoms with Crippen LogP contribution in [0.25, 0.3) is 0 Å². The van der Waals surface area contributed by atoms with E-state index in [9.17, 15) is 4.79 Å². The molecule has 0 spiro atoms. The van der Waals surface area contributed by atoms with Crippen LogP contribution in [-0.4, -0.2) is 32.7 Å². The van der Waals surface area contributed by atoms with Crippen molar-refractivity contribution in [2.24, 2.45) is 5.92 Å². The van der Waals surface area contributed by atoms with Crippen LogP contribution in [0.4, 0.5) is 0 Å². The molecular formula is C28H27N3O3. The van der Waals surface area contributed by atoms with Gasteiger partial charge in [0.05, 0.1) is 11.6 Å². The van der Waals surface area contributed by atoms with E-state index in [1.165, 1.54) is 16.7 Å². The van der Waals surface area contributed by atoms with E-state index in [2.05, 4.69) is 71.1 Å². The van der Waals surface area contributed by atoms with Gasteiger partial charge in [-0.25, -0.2) is 4.79 Å². The van der Waals surface area contributed by atoms with Crippen LogP contribution < -0.4 is 4.74 Å². The van der Waals surface area contributed by atoms with Gasteiger partial charge in [0.15, 0.2) is 6.61 Å². The van der Waals surface area contributed by atoms with Gasteiger partial charge in [0.25, 0.3) is 0 Å². The molecule has 1 aromatic heterocycles. The van der Waals surface area contributed by atoms with Crippen molar-refractivity contribution in [3.05, 3.63) is 113 Å². The maximum atomic E-state index is 10.9. The molecule has 172 valence electrons. The number of nitrogens with zero attached hydrogens (tertiary/aromatic N) is 3. The van der Waals surface area contributed by atoms with Crippen LogP contribution in [0.3, 0.4) is 0 Å². The lowest BCUT2D eigenvalue weighted by atomic mass is 9.83. The number of hydrogen-bond donors (Lipinski definition) is 1. The minimum absolute atomic E-state index is 0.0391. The maximum Gasteiger partial charge on any atom is 0.341 e. The Hall–Kier alpha value is -3.93. The fourth-order valence-corrected chi connectivity index (χ4v) is 4.90. The number of fused-ring (bicyclic) bond motifs is 1. The molecule has 0 aliphatic heterocycles. The summed E-state index contributed by atoms with van der Waals surface area (Å²) in [5.41, 5.74) is 5.69. The Kier molecular flexibility index (Phi) is 6.38. The molecule has 1 unspecified atom stereocenters. The molecule has 6 nitrogen and oxygen atoms in total. The lowest BCUT2D eigenvalue weighted by Gasteiger charge is -2.26. The largest absolute Gasteiger partial charge is 0.482 e. The SMILES string of the molecule is O=C(O)COc1cccc2c1CCC(Cn1cc(C(c3ccccc3)c3ccccc3)nn1)C2. The summed E-state index contributed by atoms with van der Waals surface area (Å²) < 4.78 is 7.47. The molecular weight excluding hydrogens is 426 g/mol. The summed E-state index contributed by atoms with van der Waals surface area (Å²) in [6.07, 6.45) is 4.85. The molecule has 0 bridgehead atoms. The van der Waals surface area contributed by atoms with Gasteiger partial charge in [0.1, 0.15) is 5.75 Å². The van der Waals surface area contributed by atoms with E-state index in [0.29, 0.717) is 11.7 Å². The Morgan fingerprint density at radius 2 is 1.71 bits per heavy atom. The standard InChI is InChI=1S/C28H27N3O3/c32-27(33)19-34-26-13-7-12-23-16-20(14-15-24(23)26)17-31-18-25(29-30-31)28(21-8-3-1-4-9-21)22-10-5-2-6-11-22/h1-13,18,20,28H,14-17,19H2,(H,32,33). The topological polar surface area (TPSA) is 77.2 Å². The van der Waals surface area contributed by atoms with Crippen molar-refractivity contribution >= 4 is 5.97 Å². The summed E-state index contributed by atoms with van der Waals surface area (Å²) in [7, 11) is 0. The summed E-state index contributed by atoms with van der Waals surface area (Å²) in [5, 5.41) is 18.0. The lowest BCUT2D eigenvalue weighted by Crippen LogP contribution is -2.21. The first-order chi connectivity index (χ1) is 16.7. The molecule has 0 amide bonds. The van der Waals surface area contributed by atoms with Crippen LogP contribution in [0.15, 0.2) is 85.1 Å². The van der Waals surface area contributed by atoms with E-state index < -0.39 is 5.97 Å². The van der Waals surface area contributed by atoms with Crippen molar-refractivity contribution < 1.29 is 14.6 Å². The Bertz CT molecular complexity index is 1210. The minimum atomic E-state index is -0.961.